The van der Waals surface area contributed by atoms with Crippen LogP contribution in [0, 0.1) is 5.41 Å². The number of amidine groups is 1. The monoisotopic (exact) mass is 466 g/mol. The van der Waals surface area contributed by atoms with Gasteiger partial charge in [-0.05, 0) is 67.1 Å². The Balaban J connectivity index is 1.73. The first kappa shape index (κ1) is 23.6. The van der Waals surface area contributed by atoms with E-state index in [1.807, 2.05) is 6.07 Å². The van der Waals surface area contributed by atoms with Crippen molar-refractivity contribution in [2.75, 3.05) is 10.6 Å². The molecule has 33 heavy (non-hydrogen) atoms. The molecule has 9 heteroatoms. The molecule has 0 aliphatic carbocycles. The average Bonchev–Trinajstić information content (AvgIpc) is 2.78. The molecule has 0 aliphatic heterocycles. The van der Waals surface area contributed by atoms with E-state index in [1.165, 1.54) is 6.92 Å². The highest BCUT2D eigenvalue weighted by Gasteiger charge is 2.14. The molecule has 0 fully saturated rings. The van der Waals surface area contributed by atoms with Crippen molar-refractivity contribution in [1.82, 2.24) is 0 Å². The predicted octanol–water partition coefficient (Wildman–Crippen LogP) is 4.34. The first-order valence-electron chi connectivity index (χ1n) is 10.0. The van der Waals surface area contributed by atoms with Crippen molar-refractivity contribution in [1.29, 1.82) is 5.41 Å². The Morgan fingerprint density at radius 2 is 1.85 bits per heavy atom. The zero-order chi connectivity index (χ0) is 24.0. The minimum atomic E-state index is -1.05. The maximum atomic E-state index is 12.9. The second-order valence-electron chi connectivity index (χ2n) is 7.23. The Kier molecular flexibility index (Phi) is 7.53. The lowest BCUT2D eigenvalue weighted by atomic mass is 10.1. The highest BCUT2D eigenvalue weighted by Crippen LogP contribution is 2.24. The molecule has 0 radical (unpaired) electrons. The first-order valence-corrected chi connectivity index (χ1v) is 10.4. The number of amides is 1. The number of carboxylic acids is 1. The van der Waals surface area contributed by atoms with Crippen LogP contribution < -0.4 is 21.1 Å². The van der Waals surface area contributed by atoms with Gasteiger partial charge in [-0.15, -0.1) is 0 Å². The number of carbonyl (C=O) groups excluding carboxylic acids is 1. The summed E-state index contributed by atoms with van der Waals surface area (Å²) in [5, 5.41) is 22.9. The lowest BCUT2D eigenvalue weighted by Gasteiger charge is -2.14. The molecular weight excluding hydrogens is 444 g/mol. The fraction of sp³-hybridized carbons (Fsp3) is 0.125. The number of hydrogen-bond donors (Lipinski definition) is 5. The summed E-state index contributed by atoms with van der Waals surface area (Å²) in [6, 6.07) is 18.6. The molecule has 170 valence electrons. The average molecular weight is 467 g/mol. The van der Waals surface area contributed by atoms with Crippen LogP contribution in [0.15, 0.2) is 66.7 Å². The molecule has 3 aromatic rings. The number of anilines is 2. The molecule has 0 saturated carbocycles. The molecule has 0 saturated heterocycles. The number of carbonyl (C=O) groups is 2. The van der Waals surface area contributed by atoms with Gasteiger partial charge in [0, 0.05) is 28.5 Å². The Morgan fingerprint density at radius 1 is 1.12 bits per heavy atom. The minimum Gasteiger partial charge on any atom is -0.479 e. The third kappa shape index (κ3) is 6.47. The molecule has 0 bridgehead atoms. The number of halogens is 1. The molecule has 6 N–H and O–H groups in total. The van der Waals surface area contributed by atoms with Gasteiger partial charge in [-0.3, -0.25) is 10.2 Å². The summed E-state index contributed by atoms with van der Waals surface area (Å²) < 4.78 is 5.41. The van der Waals surface area contributed by atoms with E-state index < -0.39 is 12.1 Å². The van der Waals surface area contributed by atoms with Gasteiger partial charge in [0.2, 0.25) is 0 Å². The highest BCUT2D eigenvalue weighted by atomic mass is 35.5. The second kappa shape index (κ2) is 10.5. The zero-order valence-electron chi connectivity index (χ0n) is 17.8. The van der Waals surface area contributed by atoms with Crippen molar-refractivity contribution in [3.63, 3.8) is 0 Å². The third-order valence-corrected chi connectivity index (χ3v) is 4.96. The first-order chi connectivity index (χ1) is 15.7. The summed E-state index contributed by atoms with van der Waals surface area (Å²) in [7, 11) is 0. The third-order valence-electron chi connectivity index (χ3n) is 4.72. The van der Waals surface area contributed by atoms with Gasteiger partial charge in [-0.1, -0.05) is 23.7 Å². The van der Waals surface area contributed by atoms with Crippen LogP contribution in [0.1, 0.15) is 28.4 Å². The zero-order valence-corrected chi connectivity index (χ0v) is 18.5. The largest absolute Gasteiger partial charge is 0.479 e. The van der Waals surface area contributed by atoms with Crippen molar-refractivity contribution >= 4 is 40.7 Å². The van der Waals surface area contributed by atoms with Crippen LogP contribution in [-0.2, 0) is 11.3 Å². The van der Waals surface area contributed by atoms with E-state index in [0.29, 0.717) is 39.8 Å². The van der Waals surface area contributed by atoms with E-state index in [4.69, 9.17) is 32.6 Å². The van der Waals surface area contributed by atoms with Gasteiger partial charge in [-0.25, -0.2) is 4.79 Å². The summed E-state index contributed by atoms with van der Waals surface area (Å²) in [6.45, 7) is 1.83. The molecule has 1 unspecified atom stereocenters. The van der Waals surface area contributed by atoms with Crippen LogP contribution in [0.25, 0.3) is 0 Å². The lowest BCUT2D eigenvalue weighted by molar-refractivity contribution is -0.144. The minimum absolute atomic E-state index is 0.0545. The lowest BCUT2D eigenvalue weighted by Crippen LogP contribution is -2.22. The van der Waals surface area contributed by atoms with Gasteiger partial charge in [0.25, 0.3) is 5.91 Å². The summed E-state index contributed by atoms with van der Waals surface area (Å²) in [4.78, 5) is 23.9. The van der Waals surface area contributed by atoms with Crippen molar-refractivity contribution in [2.45, 2.75) is 19.6 Å². The quantitative estimate of drug-likeness (QED) is 0.235. The number of hydrogen-bond acceptors (Lipinski definition) is 5. The molecule has 3 rings (SSSR count). The maximum absolute atomic E-state index is 12.9. The maximum Gasteiger partial charge on any atom is 0.344 e. The Morgan fingerprint density at radius 3 is 2.52 bits per heavy atom. The van der Waals surface area contributed by atoms with Crippen molar-refractivity contribution in [2.24, 2.45) is 5.73 Å². The molecular formula is C24H23ClN4O4. The van der Waals surface area contributed by atoms with Crippen LogP contribution in [0.2, 0.25) is 5.02 Å². The summed E-state index contributed by atoms with van der Waals surface area (Å²) in [5.41, 5.74) is 8.33. The van der Waals surface area contributed by atoms with E-state index in [9.17, 15) is 9.59 Å². The highest BCUT2D eigenvalue weighted by molar-refractivity contribution is 6.31. The molecule has 8 nitrogen and oxygen atoms in total. The topological polar surface area (TPSA) is 138 Å². The van der Waals surface area contributed by atoms with Gasteiger partial charge < -0.3 is 26.2 Å². The van der Waals surface area contributed by atoms with Crippen molar-refractivity contribution < 1.29 is 19.4 Å². The Labute approximate surface area is 195 Å². The fourth-order valence-corrected chi connectivity index (χ4v) is 3.14. The van der Waals surface area contributed by atoms with Gasteiger partial charge in [0.1, 0.15) is 11.6 Å². The number of nitrogen functional groups attached to an aromatic ring is 1. The van der Waals surface area contributed by atoms with E-state index >= 15 is 0 Å². The van der Waals surface area contributed by atoms with Crippen LogP contribution in [0.5, 0.6) is 5.75 Å². The van der Waals surface area contributed by atoms with Crippen molar-refractivity contribution in [3.8, 4) is 5.75 Å². The van der Waals surface area contributed by atoms with Gasteiger partial charge in [0.05, 0.1) is 5.56 Å². The molecule has 1 amide bonds. The number of benzene rings is 3. The molecule has 3 aromatic carbocycles. The number of carboxylic acid groups (broad SMARTS) is 1. The normalized spacial score (nSPS) is 11.3. The van der Waals surface area contributed by atoms with Crippen LogP contribution in [0.4, 0.5) is 11.4 Å². The summed E-state index contributed by atoms with van der Waals surface area (Å²) in [5.74, 6) is -1.03. The summed E-state index contributed by atoms with van der Waals surface area (Å²) in [6.07, 6.45) is -0.968. The molecule has 0 spiro atoms. The second-order valence-corrected chi connectivity index (χ2v) is 7.67. The van der Waals surface area contributed by atoms with Crippen LogP contribution in [-0.4, -0.2) is 28.9 Å². The number of nitrogens with two attached hydrogens (primary N) is 1. The van der Waals surface area contributed by atoms with E-state index in [0.717, 1.165) is 5.56 Å². The predicted molar refractivity (Wildman–Crippen MR) is 128 cm³/mol. The Bertz CT molecular complexity index is 1180. The number of ether oxygens (including phenoxy) is 1. The van der Waals surface area contributed by atoms with Crippen LogP contribution in [0.3, 0.4) is 0 Å². The van der Waals surface area contributed by atoms with Gasteiger partial charge >= 0.3 is 5.97 Å². The van der Waals surface area contributed by atoms with E-state index in [1.54, 1.807) is 60.7 Å². The van der Waals surface area contributed by atoms with Gasteiger partial charge in [0.15, 0.2) is 6.10 Å². The fourth-order valence-electron chi connectivity index (χ4n) is 2.97. The molecule has 0 heterocycles. The smallest absolute Gasteiger partial charge is 0.344 e. The standard InChI is InChI=1S/C24H23ClN4O4/c1-14(24(31)32)33-19-4-2-3-15(11-19)13-28-21-10-7-17(25)12-20(21)23(30)29-18-8-5-16(6-9-18)22(26)27/h2-12,14,28H,13H2,1H3,(H3,26,27)(H,29,30)(H,31,32). The summed E-state index contributed by atoms with van der Waals surface area (Å²) >= 11 is 6.12. The Hall–Kier alpha value is -4.04. The molecule has 0 aliphatic rings. The number of nitrogens with one attached hydrogen (secondary N) is 3. The number of aliphatic carboxylic acids is 1. The van der Waals surface area contributed by atoms with E-state index in [2.05, 4.69) is 10.6 Å². The SMILES string of the molecule is CC(Oc1cccc(CNc2ccc(Cl)cc2C(=O)Nc2ccc(C(=N)N)cc2)c1)C(=O)O. The van der Waals surface area contributed by atoms with Crippen molar-refractivity contribution in [3.05, 3.63) is 88.4 Å². The molecule has 0 aromatic heterocycles. The number of rotatable bonds is 9. The molecule has 1 atom stereocenters. The van der Waals surface area contributed by atoms with Crippen LogP contribution >= 0.6 is 11.6 Å². The van der Waals surface area contributed by atoms with Gasteiger partial charge in [-0.2, -0.15) is 0 Å². The van der Waals surface area contributed by atoms with E-state index in [-0.39, 0.29) is 11.7 Å².